The van der Waals surface area contributed by atoms with Crippen molar-refractivity contribution in [2.75, 3.05) is 7.11 Å². The Hall–Kier alpha value is -0.540. The lowest BCUT2D eigenvalue weighted by molar-refractivity contribution is 0.403. The summed E-state index contributed by atoms with van der Waals surface area (Å²) in [6.07, 6.45) is 2.07. The first-order valence-electron chi connectivity index (χ1n) is 4.78. The molecule has 0 unspecified atom stereocenters. The Morgan fingerprint density at radius 2 is 2.21 bits per heavy atom. The first-order chi connectivity index (χ1) is 6.69. The van der Waals surface area contributed by atoms with Gasteiger partial charge in [-0.1, -0.05) is 35.3 Å². The zero-order chi connectivity index (χ0) is 10.6. The molecule has 0 heterocycles. The molecule has 1 aromatic rings. The van der Waals surface area contributed by atoms with Crippen molar-refractivity contribution in [3.63, 3.8) is 0 Å². The molecule has 1 atom stereocenters. The Balaban J connectivity index is 2.95. The first kappa shape index (κ1) is 11.5. The topological polar surface area (TPSA) is 35.2 Å². The minimum atomic E-state index is 0.0723. The fourth-order valence-corrected chi connectivity index (χ4v) is 1.80. The number of halogens is 1. The summed E-state index contributed by atoms with van der Waals surface area (Å²) in [5.74, 6) is 0.861. The van der Waals surface area contributed by atoms with Crippen molar-refractivity contribution in [3.05, 3.63) is 28.2 Å². The summed E-state index contributed by atoms with van der Waals surface area (Å²) in [7, 11) is 1.67. The minimum absolute atomic E-state index is 0.0723. The summed E-state index contributed by atoms with van der Waals surface area (Å²) < 4.78 is 6.30. The molecule has 0 aliphatic heterocycles. The van der Waals surface area contributed by atoms with Crippen molar-refractivity contribution in [3.8, 4) is 5.75 Å². The molecule has 0 saturated heterocycles. The highest BCUT2D eigenvalue weighted by Crippen LogP contribution is 2.29. The van der Waals surface area contributed by atoms with Gasteiger partial charge in [0.15, 0.2) is 0 Å². The molecule has 0 aliphatic carbocycles. The standard InChI is InChI=1S/C11H16BrNO/c1-3-4-10(13)9-6-5-8(12)7-11(9)14-2/h5-7,10H,3-4,13H2,1-2H3/t10-/m0/s1. The molecule has 0 radical (unpaired) electrons. The van der Waals surface area contributed by atoms with Gasteiger partial charge in [-0.2, -0.15) is 0 Å². The third kappa shape index (κ3) is 2.72. The van der Waals surface area contributed by atoms with E-state index in [-0.39, 0.29) is 6.04 Å². The Kier molecular flexibility index (Phi) is 4.42. The number of benzene rings is 1. The molecule has 0 spiro atoms. The average molecular weight is 258 g/mol. The zero-order valence-electron chi connectivity index (χ0n) is 8.59. The van der Waals surface area contributed by atoms with Crippen LogP contribution in [0.3, 0.4) is 0 Å². The predicted molar refractivity (Wildman–Crippen MR) is 62.5 cm³/mol. The molecule has 14 heavy (non-hydrogen) atoms. The van der Waals surface area contributed by atoms with Crippen LogP contribution in [0.15, 0.2) is 22.7 Å². The van der Waals surface area contributed by atoms with Gasteiger partial charge in [-0.15, -0.1) is 0 Å². The Morgan fingerprint density at radius 3 is 2.79 bits per heavy atom. The normalized spacial score (nSPS) is 12.6. The van der Waals surface area contributed by atoms with Crippen molar-refractivity contribution in [1.29, 1.82) is 0 Å². The Labute approximate surface area is 93.6 Å². The van der Waals surface area contributed by atoms with Crippen molar-refractivity contribution >= 4 is 15.9 Å². The molecule has 1 aromatic carbocycles. The molecule has 0 bridgehead atoms. The maximum atomic E-state index is 6.04. The molecular weight excluding hydrogens is 242 g/mol. The van der Waals surface area contributed by atoms with Crippen molar-refractivity contribution in [2.24, 2.45) is 5.73 Å². The molecule has 0 saturated carbocycles. The number of nitrogens with two attached hydrogens (primary N) is 1. The molecule has 2 N–H and O–H groups in total. The van der Waals surface area contributed by atoms with Crippen LogP contribution in [0.4, 0.5) is 0 Å². The van der Waals surface area contributed by atoms with Crippen LogP contribution in [-0.2, 0) is 0 Å². The summed E-state index contributed by atoms with van der Waals surface area (Å²) in [4.78, 5) is 0. The lowest BCUT2D eigenvalue weighted by Crippen LogP contribution is -2.11. The third-order valence-electron chi connectivity index (χ3n) is 2.19. The van der Waals surface area contributed by atoms with E-state index < -0.39 is 0 Å². The molecule has 0 aliphatic rings. The van der Waals surface area contributed by atoms with Gasteiger partial charge in [0, 0.05) is 16.1 Å². The van der Waals surface area contributed by atoms with Gasteiger partial charge in [-0.25, -0.2) is 0 Å². The SMILES string of the molecule is CCC[C@H](N)c1ccc(Br)cc1OC. The van der Waals surface area contributed by atoms with E-state index in [4.69, 9.17) is 10.5 Å². The highest BCUT2D eigenvalue weighted by Gasteiger charge is 2.10. The lowest BCUT2D eigenvalue weighted by atomic mass is 10.0. The first-order valence-corrected chi connectivity index (χ1v) is 5.57. The number of rotatable bonds is 4. The second kappa shape index (κ2) is 5.37. The predicted octanol–water partition coefficient (Wildman–Crippen LogP) is 3.26. The van der Waals surface area contributed by atoms with Crippen LogP contribution >= 0.6 is 15.9 Å². The molecule has 0 amide bonds. The van der Waals surface area contributed by atoms with Gasteiger partial charge in [0.1, 0.15) is 5.75 Å². The fraction of sp³-hybridized carbons (Fsp3) is 0.455. The van der Waals surface area contributed by atoms with E-state index in [9.17, 15) is 0 Å². The smallest absolute Gasteiger partial charge is 0.124 e. The largest absolute Gasteiger partial charge is 0.496 e. The third-order valence-corrected chi connectivity index (χ3v) is 2.69. The number of methoxy groups -OCH3 is 1. The van der Waals surface area contributed by atoms with Gasteiger partial charge in [0.05, 0.1) is 7.11 Å². The van der Waals surface area contributed by atoms with Gasteiger partial charge in [-0.3, -0.25) is 0 Å². The van der Waals surface area contributed by atoms with E-state index in [1.54, 1.807) is 7.11 Å². The summed E-state index contributed by atoms with van der Waals surface area (Å²) in [5, 5.41) is 0. The Bertz CT molecular complexity index is 301. The average Bonchev–Trinajstić information content (AvgIpc) is 2.17. The summed E-state index contributed by atoms with van der Waals surface area (Å²) in [6, 6.07) is 6.03. The molecule has 0 fully saturated rings. The molecule has 0 aromatic heterocycles. The van der Waals surface area contributed by atoms with Gasteiger partial charge in [0.2, 0.25) is 0 Å². The van der Waals surface area contributed by atoms with E-state index in [1.165, 1.54) is 0 Å². The highest BCUT2D eigenvalue weighted by atomic mass is 79.9. The van der Waals surface area contributed by atoms with Crippen LogP contribution in [-0.4, -0.2) is 7.11 Å². The number of hydrogen-bond donors (Lipinski definition) is 1. The molecule has 1 rings (SSSR count). The molecular formula is C11H16BrNO. The quantitative estimate of drug-likeness (QED) is 0.899. The molecule has 3 heteroatoms. The van der Waals surface area contributed by atoms with Crippen molar-refractivity contribution in [1.82, 2.24) is 0 Å². The van der Waals surface area contributed by atoms with Crippen LogP contribution in [0.5, 0.6) is 5.75 Å². The molecule has 78 valence electrons. The van der Waals surface area contributed by atoms with Gasteiger partial charge >= 0.3 is 0 Å². The van der Waals surface area contributed by atoms with Crippen LogP contribution in [0, 0.1) is 0 Å². The minimum Gasteiger partial charge on any atom is -0.496 e. The number of hydrogen-bond acceptors (Lipinski definition) is 2. The lowest BCUT2D eigenvalue weighted by Gasteiger charge is -2.15. The Morgan fingerprint density at radius 1 is 1.50 bits per heavy atom. The second-order valence-electron chi connectivity index (χ2n) is 3.28. The summed E-state index contributed by atoms with van der Waals surface area (Å²) in [5.41, 5.74) is 7.12. The van der Waals surface area contributed by atoms with E-state index in [0.29, 0.717) is 0 Å². The van der Waals surface area contributed by atoms with E-state index >= 15 is 0 Å². The second-order valence-corrected chi connectivity index (χ2v) is 4.20. The number of ether oxygens (including phenoxy) is 1. The maximum absolute atomic E-state index is 6.04. The van der Waals surface area contributed by atoms with Gasteiger partial charge in [-0.05, 0) is 18.6 Å². The zero-order valence-corrected chi connectivity index (χ0v) is 10.2. The van der Waals surface area contributed by atoms with Gasteiger partial charge in [0.25, 0.3) is 0 Å². The fourth-order valence-electron chi connectivity index (χ4n) is 1.46. The monoisotopic (exact) mass is 257 g/mol. The summed E-state index contributed by atoms with van der Waals surface area (Å²) >= 11 is 3.40. The van der Waals surface area contributed by atoms with E-state index in [0.717, 1.165) is 28.6 Å². The highest BCUT2D eigenvalue weighted by molar-refractivity contribution is 9.10. The van der Waals surface area contributed by atoms with E-state index in [1.807, 2.05) is 18.2 Å². The van der Waals surface area contributed by atoms with Crippen molar-refractivity contribution < 1.29 is 4.74 Å². The van der Waals surface area contributed by atoms with Crippen LogP contribution < -0.4 is 10.5 Å². The van der Waals surface area contributed by atoms with Crippen molar-refractivity contribution in [2.45, 2.75) is 25.8 Å². The van der Waals surface area contributed by atoms with Crippen LogP contribution in [0.1, 0.15) is 31.4 Å². The summed E-state index contributed by atoms with van der Waals surface area (Å²) in [6.45, 7) is 2.13. The molecule has 2 nitrogen and oxygen atoms in total. The van der Waals surface area contributed by atoms with Gasteiger partial charge < -0.3 is 10.5 Å². The maximum Gasteiger partial charge on any atom is 0.124 e. The van der Waals surface area contributed by atoms with Crippen LogP contribution in [0.25, 0.3) is 0 Å². The van der Waals surface area contributed by atoms with E-state index in [2.05, 4.69) is 22.9 Å². The van der Waals surface area contributed by atoms with Crippen LogP contribution in [0.2, 0.25) is 0 Å².